The van der Waals surface area contributed by atoms with Crippen molar-refractivity contribution < 1.29 is 4.79 Å². The first kappa shape index (κ1) is 21.3. The Bertz CT molecular complexity index is 1070. The predicted molar refractivity (Wildman–Crippen MR) is 129 cm³/mol. The fourth-order valence-electron chi connectivity index (χ4n) is 3.30. The highest BCUT2D eigenvalue weighted by atomic mass is 32.2. The van der Waals surface area contributed by atoms with Crippen LogP contribution in [0.5, 0.6) is 0 Å². The lowest BCUT2D eigenvalue weighted by Crippen LogP contribution is -2.13. The predicted octanol–water partition coefficient (Wildman–Crippen LogP) is 5.95. The van der Waals surface area contributed by atoms with Crippen LogP contribution in [-0.2, 0) is 11.2 Å². The molecule has 1 amide bonds. The van der Waals surface area contributed by atoms with Gasteiger partial charge in [0.25, 0.3) is 0 Å². The summed E-state index contributed by atoms with van der Waals surface area (Å²) in [5, 5.41) is 12.9. The van der Waals surface area contributed by atoms with Crippen LogP contribution in [0.15, 0.2) is 89.8 Å². The molecule has 1 aromatic heterocycles. The lowest BCUT2D eigenvalue weighted by molar-refractivity contribution is -0.113. The van der Waals surface area contributed by atoms with E-state index in [4.69, 9.17) is 0 Å². The number of benzene rings is 3. The molecule has 0 saturated carbocycles. The molecular weight excluding hydrogens is 422 g/mol. The van der Waals surface area contributed by atoms with Gasteiger partial charge in [0, 0.05) is 17.2 Å². The van der Waals surface area contributed by atoms with Gasteiger partial charge in [-0.25, -0.2) is 0 Å². The zero-order valence-corrected chi connectivity index (χ0v) is 18.8. The number of rotatable bonds is 8. The molecule has 31 heavy (non-hydrogen) atoms. The molecule has 0 spiro atoms. The lowest BCUT2D eigenvalue weighted by Gasteiger charge is -2.16. The first-order valence-corrected chi connectivity index (χ1v) is 11.9. The molecule has 4 rings (SSSR count). The molecule has 0 radical (unpaired) electrons. The van der Waals surface area contributed by atoms with Gasteiger partial charge in [-0.15, -0.1) is 22.0 Å². The molecule has 1 heterocycles. The molecule has 0 aliphatic heterocycles. The van der Waals surface area contributed by atoms with Crippen LogP contribution in [0.3, 0.4) is 0 Å². The molecule has 0 fully saturated rings. The molecule has 6 heteroatoms. The third-order valence-electron chi connectivity index (χ3n) is 4.89. The number of carbonyl (C=O) groups excluding carboxylic acids is 1. The summed E-state index contributed by atoms with van der Waals surface area (Å²) in [6.07, 6.45) is 0.736. The van der Waals surface area contributed by atoms with Crippen molar-refractivity contribution in [3.05, 3.63) is 107 Å². The van der Waals surface area contributed by atoms with Gasteiger partial charge in [0.2, 0.25) is 11.0 Å². The molecule has 0 aliphatic rings. The number of anilines is 1. The lowest BCUT2D eigenvalue weighted by atomic mass is 9.89. The zero-order chi connectivity index (χ0) is 21.5. The number of aryl methyl sites for hydroxylation is 1. The minimum atomic E-state index is -0.0732. The van der Waals surface area contributed by atoms with E-state index in [9.17, 15) is 4.79 Å². The van der Waals surface area contributed by atoms with Crippen molar-refractivity contribution in [3.8, 4) is 0 Å². The van der Waals surface area contributed by atoms with E-state index in [0.29, 0.717) is 10.9 Å². The highest BCUT2D eigenvalue weighted by Gasteiger charge is 2.18. The Kier molecular flexibility index (Phi) is 7.12. The van der Waals surface area contributed by atoms with E-state index in [1.807, 2.05) is 43.3 Å². The monoisotopic (exact) mass is 445 g/mol. The number of hydrogen-bond donors (Lipinski definition) is 1. The summed E-state index contributed by atoms with van der Waals surface area (Å²) < 4.78 is 0. The van der Waals surface area contributed by atoms with Crippen LogP contribution in [-0.4, -0.2) is 21.9 Å². The third-order valence-corrected chi connectivity index (χ3v) is 6.76. The second-order valence-electron chi connectivity index (χ2n) is 7.23. The summed E-state index contributed by atoms with van der Waals surface area (Å²) in [5.41, 5.74) is 3.69. The molecule has 0 atom stereocenters. The van der Waals surface area contributed by atoms with Crippen LogP contribution in [0, 0.1) is 6.92 Å². The van der Waals surface area contributed by atoms with Gasteiger partial charge in [-0.05, 0) is 30.2 Å². The zero-order valence-electron chi connectivity index (χ0n) is 17.2. The first-order valence-electron chi connectivity index (χ1n) is 10.1. The fraction of sp³-hybridized carbons (Fsp3) is 0.160. The van der Waals surface area contributed by atoms with Gasteiger partial charge in [-0.3, -0.25) is 10.1 Å². The molecule has 1 N–H and O–H groups in total. The Morgan fingerprint density at radius 1 is 0.903 bits per heavy atom. The van der Waals surface area contributed by atoms with Crippen molar-refractivity contribution in [1.82, 2.24) is 10.2 Å². The fourth-order valence-corrected chi connectivity index (χ4v) is 4.80. The Balaban J connectivity index is 1.40. The Labute approximate surface area is 190 Å². The smallest absolute Gasteiger partial charge is 0.236 e. The highest BCUT2D eigenvalue weighted by Crippen LogP contribution is 2.30. The Hall–Kier alpha value is -2.96. The van der Waals surface area contributed by atoms with Crippen LogP contribution >= 0.6 is 23.1 Å². The molecular formula is C25H23N3OS2. The number of amides is 1. The van der Waals surface area contributed by atoms with Gasteiger partial charge in [0.1, 0.15) is 5.01 Å². The SMILES string of the molecule is Cc1ccc(SCC(=O)Nc2nnc(CC(c3ccccc3)c3ccccc3)s2)cc1. The van der Waals surface area contributed by atoms with Crippen LogP contribution in [0.2, 0.25) is 0 Å². The van der Waals surface area contributed by atoms with Crippen molar-refractivity contribution in [2.24, 2.45) is 0 Å². The number of nitrogens with one attached hydrogen (secondary N) is 1. The average Bonchev–Trinajstić information content (AvgIpc) is 3.25. The first-order chi connectivity index (χ1) is 15.2. The second kappa shape index (κ2) is 10.4. The van der Waals surface area contributed by atoms with Crippen LogP contribution < -0.4 is 5.32 Å². The summed E-state index contributed by atoms with van der Waals surface area (Å²) >= 11 is 2.95. The summed E-state index contributed by atoms with van der Waals surface area (Å²) in [5.74, 6) is 0.459. The van der Waals surface area contributed by atoms with Crippen LogP contribution in [0.1, 0.15) is 27.6 Å². The number of aromatic nitrogens is 2. The quantitative estimate of drug-likeness (QED) is 0.340. The van der Waals surface area contributed by atoms with Crippen molar-refractivity contribution in [2.45, 2.75) is 24.2 Å². The molecule has 156 valence electrons. The Morgan fingerprint density at radius 3 is 2.13 bits per heavy atom. The van der Waals surface area contributed by atoms with Gasteiger partial charge >= 0.3 is 0 Å². The van der Waals surface area contributed by atoms with Crippen molar-refractivity contribution >= 4 is 34.1 Å². The maximum absolute atomic E-state index is 12.3. The van der Waals surface area contributed by atoms with E-state index in [2.05, 4.69) is 64.0 Å². The van der Waals surface area contributed by atoms with E-state index < -0.39 is 0 Å². The minimum Gasteiger partial charge on any atom is -0.300 e. The molecule has 0 saturated heterocycles. The van der Waals surface area contributed by atoms with Gasteiger partial charge in [-0.2, -0.15) is 0 Å². The maximum Gasteiger partial charge on any atom is 0.236 e. The summed E-state index contributed by atoms with van der Waals surface area (Å²) in [6.45, 7) is 2.05. The van der Waals surface area contributed by atoms with E-state index >= 15 is 0 Å². The highest BCUT2D eigenvalue weighted by molar-refractivity contribution is 8.00. The number of thioether (sulfide) groups is 1. The van der Waals surface area contributed by atoms with E-state index in [0.717, 1.165) is 16.3 Å². The molecule has 4 aromatic rings. The maximum atomic E-state index is 12.3. The molecule has 0 bridgehead atoms. The van der Waals surface area contributed by atoms with Crippen molar-refractivity contribution in [1.29, 1.82) is 0 Å². The van der Waals surface area contributed by atoms with Crippen LogP contribution in [0.25, 0.3) is 0 Å². The van der Waals surface area contributed by atoms with E-state index in [-0.39, 0.29) is 11.8 Å². The summed E-state index contributed by atoms with van der Waals surface area (Å²) in [4.78, 5) is 13.4. The van der Waals surface area contributed by atoms with E-state index in [1.165, 1.54) is 39.8 Å². The standard InChI is InChI=1S/C25H23N3OS2/c1-18-12-14-21(15-13-18)30-17-23(29)26-25-28-27-24(31-25)16-22(19-8-4-2-5-9-19)20-10-6-3-7-11-20/h2-15,22H,16-17H2,1H3,(H,26,28,29). The molecule has 0 aliphatic carbocycles. The van der Waals surface area contributed by atoms with Gasteiger partial charge in [0.05, 0.1) is 5.75 Å². The summed E-state index contributed by atoms with van der Waals surface area (Å²) in [7, 11) is 0. The minimum absolute atomic E-state index is 0.0732. The van der Waals surface area contributed by atoms with Crippen molar-refractivity contribution in [2.75, 3.05) is 11.1 Å². The second-order valence-corrected chi connectivity index (χ2v) is 9.34. The summed E-state index contributed by atoms with van der Waals surface area (Å²) in [6, 6.07) is 29.0. The van der Waals surface area contributed by atoms with Crippen molar-refractivity contribution in [3.63, 3.8) is 0 Å². The topological polar surface area (TPSA) is 54.9 Å². The molecule has 3 aromatic carbocycles. The van der Waals surface area contributed by atoms with Gasteiger partial charge < -0.3 is 0 Å². The Morgan fingerprint density at radius 2 is 1.52 bits per heavy atom. The molecule has 4 nitrogen and oxygen atoms in total. The van der Waals surface area contributed by atoms with E-state index in [1.54, 1.807) is 0 Å². The largest absolute Gasteiger partial charge is 0.300 e. The number of carbonyl (C=O) groups is 1. The van der Waals surface area contributed by atoms with Gasteiger partial charge in [0.15, 0.2) is 0 Å². The van der Waals surface area contributed by atoms with Crippen LogP contribution in [0.4, 0.5) is 5.13 Å². The number of hydrogen-bond acceptors (Lipinski definition) is 5. The van der Waals surface area contributed by atoms with Gasteiger partial charge in [-0.1, -0.05) is 89.7 Å². The average molecular weight is 446 g/mol. The molecule has 0 unspecified atom stereocenters. The normalized spacial score (nSPS) is 10.9. The third kappa shape index (κ3) is 6.03. The number of nitrogens with zero attached hydrogens (tertiary/aromatic N) is 2.